The summed E-state index contributed by atoms with van der Waals surface area (Å²) in [6.07, 6.45) is 0.190. The van der Waals surface area contributed by atoms with E-state index in [1.54, 1.807) is 12.1 Å². The highest BCUT2D eigenvalue weighted by molar-refractivity contribution is 5.75. The number of carbonyl (C=O) groups excluding carboxylic acids is 1. The molecule has 0 radical (unpaired) electrons. The molecule has 5 heteroatoms. The maximum absolute atomic E-state index is 11.0. The Morgan fingerprint density at radius 3 is 2.93 bits per heavy atom. The fourth-order valence-electron chi connectivity index (χ4n) is 1.59. The van der Waals surface area contributed by atoms with Crippen molar-refractivity contribution in [2.24, 2.45) is 0 Å². The van der Waals surface area contributed by atoms with Crippen LogP contribution in [0.15, 0.2) is 12.1 Å². The number of ether oxygens (including phenoxy) is 2. The van der Waals surface area contributed by atoms with Crippen LogP contribution in [0.4, 0.5) is 0 Å². The number of fused-ring (bicyclic) bond motifs is 1. The molecule has 0 fully saturated rings. The lowest BCUT2D eigenvalue weighted by molar-refractivity contribution is -0.149. The van der Waals surface area contributed by atoms with Gasteiger partial charge in [-0.05, 0) is 11.6 Å². The molecule has 80 valence electrons. The number of cyclic esters (lactones) is 1. The Bertz CT molecular complexity index is 399. The van der Waals surface area contributed by atoms with Crippen molar-refractivity contribution in [1.82, 2.24) is 0 Å². The van der Waals surface area contributed by atoms with E-state index in [0.717, 1.165) is 5.56 Å². The van der Waals surface area contributed by atoms with Gasteiger partial charge in [-0.2, -0.15) is 0 Å². The molecule has 1 aliphatic rings. The molecule has 2 rings (SSSR count). The van der Waals surface area contributed by atoms with Crippen LogP contribution in [0.2, 0.25) is 0 Å². The quantitative estimate of drug-likeness (QED) is 0.450. The summed E-state index contributed by atoms with van der Waals surface area (Å²) in [5, 5.41) is 8.75. The number of hydrogen-bond donors (Lipinski definition) is 1. The van der Waals surface area contributed by atoms with Gasteiger partial charge in [0.25, 0.3) is 0 Å². The molecule has 0 bridgehead atoms. The molecule has 5 nitrogen and oxygen atoms in total. The van der Waals surface area contributed by atoms with Gasteiger partial charge in [-0.1, -0.05) is 6.07 Å². The number of carbonyl (C=O) groups is 1. The molecule has 1 heterocycles. The molecule has 1 aromatic rings. The number of rotatable bonds is 2. The Balaban J connectivity index is 2.50. The van der Waals surface area contributed by atoms with Gasteiger partial charge in [0.1, 0.15) is 6.61 Å². The van der Waals surface area contributed by atoms with Crippen LogP contribution in [0.3, 0.4) is 0 Å². The average Bonchev–Trinajstić information content (AvgIpc) is 2.27. The molecule has 1 aromatic carbocycles. The minimum Gasteiger partial charge on any atom is -0.493 e. The lowest BCUT2D eigenvalue weighted by Gasteiger charge is -2.19. The first-order chi connectivity index (χ1) is 7.26. The molecule has 0 aromatic heterocycles. The summed E-state index contributed by atoms with van der Waals surface area (Å²) in [6, 6.07) is 3.40. The van der Waals surface area contributed by atoms with E-state index in [9.17, 15) is 4.79 Å². The van der Waals surface area contributed by atoms with Crippen LogP contribution in [-0.4, -0.2) is 18.3 Å². The maximum atomic E-state index is 11.0. The second-order valence-electron chi connectivity index (χ2n) is 3.16. The topological polar surface area (TPSA) is 65.0 Å². The standard InChI is InChI=1S/C10H10O5/c1-13-8-3-2-6-4-9(11)14-5-7(6)10(8)15-12/h2-3,12H,4-5H2,1H3. The lowest BCUT2D eigenvalue weighted by Crippen LogP contribution is -2.17. The van der Waals surface area contributed by atoms with Crippen LogP contribution in [0.5, 0.6) is 11.5 Å². The highest BCUT2D eigenvalue weighted by Gasteiger charge is 2.23. The minimum absolute atomic E-state index is 0.0985. The summed E-state index contributed by atoms with van der Waals surface area (Å²) in [7, 11) is 1.47. The molecule has 0 amide bonds. The number of methoxy groups -OCH3 is 1. The Hall–Kier alpha value is -1.75. The molecule has 0 saturated carbocycles. The maximum Gasteiger partial charge on any atom is 0.310 e. The second-order valence-corrected chi connectivity index (χ2v) is 3.16. The van der Waals surface area contributed by atoms with Crippen LogP contribution in [0.25, 0.3) is 0 Å². The first kappa shape index (κ1) is 9.79. The van der Waals surface area contributed by atoms with E-state index in [2.05, 4.69) is 4.89 Å². The van der Waals surface area contributed by atoms with Crippen LogP contribution in [0.1, 0.15) is 11.1 Å². The van der Waals surface area contributed by atoms with Crippen LogP contribution in [-0.2, 0) is 22.6 Å². The average molecular weight is 210 g/mol. The Morgan fingerprint density at radius 2 is 2.27 bits per heavy atom. The molecule has 0 spiro atoms. The lowest BCUT2D eigenvalue weighted by atomic mass is 10.0. The van der Waals surface area contributed by atoms with Crippen LogP contribution < -0.4 is 9.62 Å². The number of benzene rings is 1. The summed E-state index contributed by atoms with van der Waals surface area (Å²) in [4.78, 5) is 15.3. The van der Waals surface area contributed by atoms with Gasteiger partial charge in [-0.15, -0.1) is 0 Å². The van der Waals surface area contributed by atoms with E-state index >= 15 is 0 Å². The van der Waals surface area contributed by atoms with Crippen molar-refractivity contribution >= 4 is 5.97 Å². The van der Waals surface area contributed by atoms with Crippen LogP contribution >= 0.6 is 0 Å². The van der Waals surface area contributed by atoms with E-state index in [-0.39, 0.29) is 24.7 Å². The molecule has 0 atom stereocenters. The third-order valence-corrected chi connectivity index (χ3v) is 2.34. The fourth-order valence-corrected chi connectivity index (χ4v) is 1.59. The Labute approximate surface area is 86.1 Å². The van der Waals surface area contributed by atoms with Gasteiger partial charge < -0.3 is 14.4 Å². The van der Waals surface area contributed by atoms with E-state index in [1.165, 1.54) is 7.11 Å². The van der Waals surface area contributed by atoms with Crippen LogP contribution in [0, 0.1) is 0 Å². The SMILES string of the molecule is COc1ccc2c(c1OO)COC(=O)C2. The summed E-state index contributed by atoms with van der Waals surface area (Å²) >= 11 is 0. The van der Waals surface area contributed by atoms with Gasteiger partial charge in [-0.3, -0.25) is 4.79 Å². The van der Waals surface area contributed by atoms with E-state index in [0.29, 0.717) is 11.3 Å². The highest BCUT2D eigenvalue weighted by atomic mass is 17.1. The predicted octanol–water partition coefficient (Wildman–Crippen LogP) is 1.15. The molecule has 0 unspecified atom stereocenters. The fraction of sp³-hybridized carbons (Fsp3) is 0.300. The third-order valence-electron chi connectivity index (χ3n) is 2.34. The molecule has 1 N–H and O–H groups in total. The number of esters is 1. The van der Waals surface area contributed by atoms with E-state index < -0.39 is 0 Å². The van der Waals surface area contributed by atoms with Gasteiger partial charge in [0.2, 0.25) is 5.75 Å². The molecular weight excluding hydrogens is 200 g/mol. The van der Waals surface area contributed by atoms with Crippen molar-refractivity contribution in [2.75, 3.05) is 7.11 Å². The third kappa shape index (κ3) is 1.61. The van der Waals surface area contributed by atoms with Crippen molar-refractivity contribution in [2.45, 2.75) is 13.0 Å². The van der Waals surface area contributed by atoms with Gasteiger partial charge in [-0.25, -0.2) is 5.26 Å². The van der Waals surface area contributed by atoms with Crippen molar-refractivity contribution in [1.29, 1.82) is 0 Å². The van der Waals surface area contributed by atoms with E-state index in [4.69, 9.17) is 14.7 Å². The largest absolute Gasteiger partial charge is 0.493 e. The summed E-state index contributed by atoms with van der Waals surface area (Å²) in [5.74, 6) is 0.341. The Morgan fingerprint density at radius 1 is 1.47 bits per heavy atom. The monoisotopic (exact) mass is 210 g/mol. The molecule has 0 aliphatic carbocycles. The van der Waals surface area contributed by atoms with Gasteiger partial charge >= 0.3 is 5.97 Å². The smallest absolute Gasteiger partial charge is 0.310 e. The Kier molecular flexibility index (Phi) is 2.47. The van der Waals surface area contributed by atoms with Gasteiger partial charge in [0.15, 0.2) is 5.75 Å². The first-order valence-electron chi connectivity index (χ1n) is 4.42. The zero-order valence-corrected chi connectivity index (χ0v) is 8.15. The zero-order valence-electron chi connectivity index (χ0n) is 8.15. The van der Waals surface area contributed by atoms with E-state index in [1.807, 2.05) is 0 Å². The minimum atomic E-state index is -0.281. The van der Waals surface area contributed by atoms with Crippen molar-refractivity contribution in [3.8, 4) is 11.5 Å². The predicted molar refractivity (Wildman–Crippen MR) is 49.8 cm³/mol. The van der Waals surface area contributed by atoms with Crippen molar-refractivity contribution in [3.63, 3.8) is 0 Å². The molecule has 15 heavy (non-hydrogen) atoms. The molecular formula is C10H10O5. The summed E-state index contributed by atoms with van der Waals surface area (Å²) in [6.45, 7) is 0.0985. The summed E-state index contributed by atoms with van der Waals surface area (Å²) in [5.41, 5.74) is 1.44. The molecule has 0 saturated heterocycles. The zero-order chi connectivity index (χ0) is 10.8. The van der Waals surface area contributed by atoms with Gasteiger partial charge in [0, 0.05) is 5.56 Å². The van der Waals surface area contributed by atoms with Crippen molar-refractivity contribution in [3.05, 3.63) is 23.3 Å². The van der Waals surface area contributed by atoms with Crippen molar-refractivity contribution < 1.29 is 24.4 Å². The normalized spacial score (nSPS) is 14.1. The second kappa shape index (κ2) is 3.78. The van der Waals surface area contributed by atoms with Gasteiger partial charge in [0.05, 0.1) is 13.5 Å². The highest BCUT2D eigenvalue weighted by Crippen LogP contribution is 2.35. The number of hydrogen-bond acceptors (Lipinski definition) is 5. The molecule has 1 aliphatic heterocycles. The summed E-state index contributed by atoms with van der Waals surface area (Å²) < 4.78 is 9.86. The first-order valence-corrected chi connectivity index (χ1v) is 4.42.